The van der Waals surface area contributed by atoms with Gasteiger partial charge < -0.3 is 18.9 Å². The maximum atomic E-state index is 5.13. The van der Waals surface area contributed by atoms with Crippen molar-refractivity contribution in [1.29, 1.82) is 0 Å². The van der Waals surface area contributed by atoms with Crippen LogP contribution in [0.3, 0.4) is 0 Å². The molecule has 4 aromatic heterocycles. The van der Waals surface area contributed by atoms with Gasteiger partial charge in [0.15, 0.2) is 0 Å². The number of rotatable bonds is 10. The number of hydrogen-bond acceptors (Lipinski definition) is 8. The topological polar surface area (TPSA) is 88.5 Å². The Morgan fingerprint density at radius 3 is 1.73 bits per heavy atom. The molecule has 0 bridgehead atoms. The smallest absolute Gasteiger partial charge is 0.0728 e. The average Bonchev–Trinajstić information content (AvgIpc) is 3.61. The molecule has 1 aliphatic heterocycles. The van der Waals surface area contributed by atoms with Gasteiger partial charge in [-0.2, -0.15) is 0 Å². The monoisotopic (exact) mass is 616 g/mol. The van der Waals surface area contributed by atoms with Gasteiger partial charge in [0.2, 0.25) is 0 Å². The zero-order chi connectivity index (χ0) is 32.6. The minimum Gasteiger partial charge on any atom is -0.384 e. The van der Waals surface area contributed by atoms with E-state index in [0.717, 1.165) is 50.4 Å². The van der Waals surface area contributed by atoms with Crippen molar-refractivity contribution in [2.45, 2.75) is 46.1 Å². The lowest BCUT2D eigenvalue weighted by Crippen LogP contribution is -2.06. The first-order valence-corrected chi connectivity index (χ1v) is 15.4. The molecule has 1 unspecified atom stereocenters. The Morgan fingerprint density at radius 2 is 1.31 bits per heavy atom. The van der Waals surface area contributed by atoms with Gasteiger partial charge in [0.05, 0.1) is 26.4 Å². The minimum absolute atomic E-state index is 0.647. The highest BCUT2D eigenvalue weighted by Crippen LogP contribution is 2.11. The fourth-order valence-electron chi connectivity index (χ4n) is 3.87. The van der Waals surface area contributed by atoms with Crippen LogP contribution in [-0.2, 0) is 38.4 Å². The van der Waals surface area contributed by atoms with E-state index in [2.05, 4.69) is 32.9 Å². The molecule has 4 aromatic rings. The van der Waals surface area contributed by atoms with Gasteiger partial charge in [-0.3, -0.25) is 19.9 Å². The van der Waals surface area contributed by atoms with Crippen LogP contribution in [0.5, 0.6) is 0 Å². The maximum Gasteiger partial charge on any atom is 0.0728 e. The van der Waals surface area contributed by atoms with Crippen LogP contribution in [0.25, 0.3) is 6.08 Å². The van der Waals surface area contributed by atoms with Gasteiger partial charge in [0.1, 0.15) is 0 Å². The van der Waals surface area contributed by atoms with Crippen molar-refractivity contribution in [2.24, 2.45) is 5.92 Å². The van der Waals surface area contributed by atoms with E-state index in [-0.39, 0.29) is 0 Å². The molecule has 1 fully saturated rings. The lowest BCUT2D eigenvalue weighted by atomic mass is 10.1. The quantitative estimate of drug-likeness (QED) is 0.183. The highest BCUT2D eigenvalue weighted by Gasteiger charge is 2.14. The number of hydrogen-bond donors (Lipinski definition) is 0. The molecule has 0 aliphatic carbocycles. The lowest BCUT2D eigenvalue weighted by Gasteiger charge is -2.02. The van der Waals surface area contributed by atoms with Gasteiger partial charge >= 0.3 is 0 Å². The second kappa shape index (κ2) is 28.9. The van der Waals surface area contributed by atoms with Crippen LogP contribution in [0.15, 0.2) is 104 Å². The number of pyridine rings is 4. The Kier molecular flexibility index (Phi) is 25.2. The molecular weight excluding hydrogens is 564 g/mol. The van der Waals surface area contributed by atoms with E-state index in [4.69, 9.17) is 18.9 Å². The van der Waals surface area contributed by atoms with Crippen molar-refractivity contribution in [2.75, 3.05) is 47.8 Å². The second-order valence-electron chi connectivity index (χ2n) is 9.98. The van der Waals surface area contributed by atoms with Gasteiger partial charge in [-0.15, -0.1) is 0 Å². The molecule has 1 aliphatic rings. The van der Waals surface area contributed by atoms with Gasteiger partial charge in [-0.05, 0) is 72.7 Å². The first-order chi connectivity index (χ1) is 22.2. The molecule has 0 radical (unpaired) electrons. The normalized spacial score (nSPS) is 13.1. The van der Waals surface area contributed by atoms with Crippen molar-refractivity contribution in [1.82, 2.24) is 19.9 Å². The summed E-state index contributed by atoms with van der Waals surface area (Å²) in [5.41, 5.74) is 4.82. The van der Waals surface area contributed by atoms with Crippen LogP contribution in [0.2, 0.25) is 0 Å². The molecule has 5 rings (SSSR count). The summed E-state index contributed by atoms with van der Waals surface area (Å²) in [6.07, 6.45) is 23.0. The summed E-state index contributed by atoms with van der Waals surface area (Å²) in [5, 5.41) is 0. The number of aromatic nitrogens is 4. The summed E-state index contributed by atoms with van der Waals surface area (Å²) in [5.74, 6) is 0.667. The molecule has 45 heavy (non-hydrogen) atoms. The maximum absolute atomic E-state index is 5.13. The average molecular weight is 617 g/mol. The first kappa shape index (κ1) is 39.2. The zero-order valence-electron chi connectivity index (χ0n) is 27.8. The standard InChI is InChI=1S/C8H11NO.C8H11N.C8H9N.C7H9NO.C6H12O2/c1-10-6-4-8-3-2-5-9-7-8;2*1-2-4-8-5-3-6-9-7-8;1-9-6-7-3-2-4-8-5-7;1-7-4-6-2-3-8-5-6/h2-3,5,7H,4,6H2,1H3;3,5-7H,2,4H2,1H3;2-7H,1H3;2-5H,6H2,1H3;6H,2-5H2,1H3. The molecule has 0 saturated carbocycles. The number of aryl methyl sites for hydroxylation is 1. The van der Waals surface area contributed by atoms with Crippen LogP contribution >= 0.6 is 0 Å². The molecule has 8 heteroatoms. The number of allylic oxidation sites excluding steroid dienone is 1. The third-order valence-corrected chi connectivity index (χ3v) is 6.08. The predicted octanol–water partition coefficient (Wildman–Crippen LogP) is 7.32. The van der Waals surface area contributed by atoms with Crippen molar-refractivity contribution < 1.29 is 18.9 Å². The van der Waals surface area contributed by atoms with Crippen molar-refractivity contribution in [3.8, 4) is 0 Å². The van der Waals surface area contributed by atoms with E-state index >= 15 is 0 Å². The van der Waals surface area contributed by atoms with Crippen molar-refractivity contribution >= 4 is 6.08 Å². The molecule has 5 heterocycles. The molecule has 8 nitrogen and oxygen atoms in total. The summed E-state index contributed by atoms with van der Waals surface area (Å²) in [6, 6.07) is 15.9. The summed E-state index contributed by atoms with van der Waals surface area (Å²) < 4.78 is 19.9. The van der Waals surface area contributed by atoms with Gasteiger partial charge in [0, 0.05) is 83.4 Å². The van der Waals surface area contributed by atoms with E-state index in [1.807, 2.05) is 80.1 Å². The van der Waals surface area contributed by atoms with E-state index in [1.165, 1.54) is 24.0 Å². The van der Waals surface area contributed by atoms with Crippen molar-refractivity contribution in [3.05, 3.63) is 126 Å². The fourth-order valence-corrected chi connectivity index (χ4v) is 3.87. The Balaban J connectivity index is 0.000000282. The highest BCUT2D eigenvalue weighted by atomic mass is 16.5. The van der Waals surface area contributed by atoms with E-state index < -0.39 is 0 Å². The summed E-state index contributed by atoms with van der Waals surface area (Å²) in [7, 11) is 5.11. The first-order valence-electron chi connectivity index (χ1n) is 15.4. The number of methoxy groups -OCH3 is 3. The van der Waals surface area contributed by atoms with E-state index in [0.29, 0.717) is 12.5 Å². The molecule has 0 N–H and O–H groups in total. The molecular formula is C37H52N4O4. The third-order valence-electron chi connectivity index (χ3n) is 6.08. The van der Waals surface area contributed by atoms with Gasteiger partial charge in [-0.25, -0.2) is 0 Å². The zero-order valence-corrected chi connectivity index (χ0v) is 27.8. The molecule has 0 aromatic carbocycles. The molecule has 244 valence electrons. The number of ether oxygens (including phenoxy) is 4. The fraction of sp³-hybridized carbons (Fsp3) is 0.405. The van der Waals surface area contributed by atoms with Crippen LogP contribution < -0.4 is 0 Å². The second-order valence-corrected chi connectivity index (χ2v) is 9.98. The van der Waals surface area contributed by atoms with E-state index in [9.17, 15) is 0 Å². The third kappa shape index (κ3) is 22.4. The Labute approximate surface area is 270 Å². The molecule has 0 amide bonds. The van der Waals surface area contributed by atoms with Gasteiger partial charge in [-0.1, -0.05) is 49.8 Å². The van der Waals surface area contributed by atoms with E-state index in [1.54, 1.807) is 52.3 Å². The van der Waals surface area contributed by atoms with Crippen LogP contribution in [0, 0.1) is 5.92 Å². The Morgan fingerprint density at radius 1 is 0.733 bits per heavy atom. The van der Waals surface area contributed by atoms with Crippen LogP contribution in [-0.4, -0.2) is 67.7 Å². The summed E-state index contributed by atoms with van der Waals surface area (Å²) in [4.78, 5) is 15.9. The Bertz CT molecular complexity index is 1140. The molecule has 1 atom stereocenters. The summed E-state index contributed by atoms with van der Waals surface area (Å²) >= 11 is 0. The molecule has 0 spiro atoms. The Hall–Kier alpha value is -3.82. The van der Waals surface area contributed by atoms with Gasteiger partial charge in [0.25, 0.3) is 0 Å². The lowest BCUT2D eigenvalue weighted by molar-refractivity contribution is 0.129. The largest absolute Gasteiger partial charge is 0.384 e. The number of nitrogens with zero attached hydrogens (tertiary/aromatic N) is 4. The van der Waals surface area contributed by atoms with Crippen molar-refractivity contribution in [3.63, 3.8) is 0 Å². The van der Waals surface area contributed by atoms with Crippen LogP contribution in [0.1, 0.15) is 48.9 Å². The minimum atomic E-state index is 0.647. The highest BCUT2D eigenvalue weighted by molar-refractivity contribution is 5.46. The predicted molar refractivity (Wildman–Crippen MR) is 183 cm³/mol. The summed E-state index contributed by atoms with van der Waals surface area (Å²) in [6.45, 7) is 8.27. The molecule has 1 saturated heterocycles. The SMILES string of the molecule is CC=Cc1cccnc1.CCCc1cccnc1.COCC1CCOC1.COCCc1cccnc1.COCc1cccnc1. The van der Waals surface area contributed by atoms with Crippen LogP contribution in [0.4, 0.5) is 0 Å².